The van der Waals surface area contributed by atoms with Crippen molar-refractivity contribution in [3.05, 3.63) is 66.1 Å². The van der Waals surface area contributed by atoms with E-state index in [9.17, 15) is 0 Å². The molecule has 4 nitrogen and oxygen atoms in total. The number of fused-ring (bicyclic) bond motifs is 1. The largest absolute Gasteiger partial charge is 0.361 e. The first kappa shape index (κ1) is 16.3. The fourth-order valence-corrected chi connectivity index (χ4v) is 3.83. The maximum absolute atomic E-state index is 4.16. The molecule has 0 bridgehead atoms. The monoisotopic (exact) mass is 334 g/mol. The molecule has 2 aromatic heterocycles. The molecule has 0 aliphatic carbocycles. The van der Waals surface area contributed by atoms with Crippen molar-refractivity contribution in [3.63, 3.8) is 0 Å². The maximum atomic E-state index is 4.16. The van der Waals surface area contributed by atoms with E-state index in [1.807, 2.05) is 18.6 Å². The van der Waals surface area contributed by atoms with E-state index in [-0.39, 0.29) is 0 Å². The molecule has 1 saturated heterocycles. The topological polar surface area (TPSA) is 35.2 Å². The zero-order chi connectivity index (χ0) is 17.1. The Hall–Kier alpha value is -2.17. The van der Waals surface area contributed by atoms with Crippen molar-refractivity contribution in [1.82, 2.24) is 19.8 Å². The van der Waals surface area contributed by atoms with Crippen LogP contribution in [0.4, 0.5) is 0 Å². The standard InChI is InChI=1S/C21H26N4/c1-24-12-7-20(8-13-24)25(15-17-4-9-22-10-5-17)16-18-2-3-21-19(14-18)6-11-23-21/h2-6,9-11,14,20,23H,7-8,12-13,15-16H2,1H3. The Bertz CT molecular complexity index is 803. The summed E-state index contributed by atoms with van der Waals surface area (Å²) in [5, 5.41) is 1.30. The van der Waals surface area contributed by atoms with Crippen LogP contribution in [-0.4, -0.2) is 45.9 Å². The van der Waals surface area contributed by atoms with E-state index in [0.717, 1.165) is 13.1 Å². The number of pyridine rings is 1. The SMILES string of the molecule is CN1CCC(N(Cc2ccncc2)Cc2ccc3[nH]ccc3c2)CC1. The summed E-state index contributed by atoms with van der Waals surface area (Å²) in [6.45, 7) is 4.36. The van der Waals surface area contributed by atoms with Crippen molar-refractivity contribution in [3.8, 4) is 0 Å². The molecule has 0 atom stereocenters. The first-order chi connectivity index (χ1) is 12.3. The Balaban J connectivity index is 1.55. The van der Waals surface area contributed by atoms with Crippen LogP contribution in [0.25, 0.3) is 10.9 Å². The third kappa shape index (κ3) is 3.91. The van der Waals surface area contributed by atoms with Gasteiger partial charge in [0.05, 0.1) is 0 Å². The maximum Gasteiger partial charge on any atom is 0.0454 e. The van der Waals surface area contributed by atoms with Gasteiger partial charge in [-0.25, -0.2) is 0 Å². The van der Waals surface area contributed by atoms with Gasteiger partial charge in [0.1, 0.15) is 0 Å². The van der Waals surface area contributed by atoms with Crippen LogP contribution in [-0.2, 0) is 13.1 Å². The molecule has 0 saturated carbocycles. The molecular weight excluding hydrogens is 308 g/mol. The van der Waals surface area contributed by atoms with Gasteiger partial charge in [-0.15, -0.1) is 0 Å². The van der Waals surface area contributed by atoms with E-state index in [0.29, 0.717) is 6.04 Å². The Kier molecular flexibility index (Phi) is 4.81. The average molecular weight is 334 g/mol. The number of nitrogens with zero attached hydrogens (tertiary/aromatic N) is 3. The lowest BCUT2D eigenvalue weighted by Crippen LogP contribution is -2.43. The van der Waals surface area contributed by atoms with Crippen molar-refractivity contribution >= 4 is 10.9 Å². The number of hydrogen-bond acceptors (Lipinski definition) is 3. The summed E-state index contributed by atoms with van der Waals surface area (Å²) >= 11 is 0. The van der Waals surface area contributed by atoms with E-state index in [1.54, 1.807) is 0 Å². The van der Waals surface area contributed by atoms with Crippen molar-refractivity contribution in [2.24, 2.45) is 0 Å². The average Bonchev–Trinajstić information content (AvgIpc) is 3.10. The van der Waals surface area contributed by atoms with Gasteiger partial charge in [0, 0.05) is 43.2 Å². The molecule has 1 aliphatic rings. The molecule has 3 aromatic rings. The molecule has 130 valence electrons. The second-order valence-electron chi connectivity index (χ2n) is 7.19. The third-order valence-electron chi connectivity index (χ3n) is 5.34. The highest BCUT2D eigenvalue weighted by Crippen LogP contribution is 2.22. The summed E-state index contributed by atoms with van der Waals surface area (Å²) < 4.78 is 0. The number of nitrogens with one attached hydrogen (secondary N) is 1. The molecule has 3 heterocycles. The smallest absolute Gasteiger partial charge is 0.0454 e. The van der Waals surface area contributed by atoms with Crippen LogP contribution >= 0.6 is 0 Å². The molecule has 1 aliphatic heterocycles. The minimum absolute atomic E-state index is 0.645. The van der Waals surface area contributed by atoms with E-state index in [4.69, 9.17) is 0 Å². The van der Waals surface area contributed by atoms with Gasteiger partial charge in [-0.05, 0) is 79.8 Å². The lowest BCUT2D eigenvalue weighted by Gasteiger charge is -2.37. The van der Waals surface area contributed by atoms with Crippen molar-refractivity contribution in [2.75, 3.05) is 20.1 Å². The summed E-state index contributed by atoms with van der Waals surface area (Å²) in [4.78, 5) is 12.5. The molecule has 0 unspecified atom stereocenters. The van der Waals surface area contributed by atoms with Crippen LogP contribution in [0.5, 0.6) is 0 Å². The second-order valence-corrected chi connectivity index (χ2v) is 7.19. The first-order valence-electron chi connectivity index (χ1n) is 9.15. The number of piperidine rings is 1. The molecule has 4 rings (SSSR count). The predicted octanol–water partition coefficient (Wildman–Crippen LogP) is 3.66. The van der Waals surface area contributed by atoms with E-state index in [2.05, 4.69) is 63.2 Å². The van der Waals surface area contributed by atoms with Gasteiger partial charge >= 0.3 is 0 Å². The highest BCUT2D eigenvalue weighted by atomic mass is 15.2. The molecule has 25 heavy (non-hydrogen) atoms. The lowest BCUT2D eigenvalue weighted by molar-refractivity contribution is 0.108. The highest BCUT2D eigenvalue weighted by Gasteiger charge is 2.23. The zero-order valence-electron chi connectivity index (χ0n) is 14.9. The molecule has 1 fully saturated rings. The van der Waals surface area contributed by atoms with Crippen LogP contribution in [0.1, 0.15) is 24.0 Å². The quantitative estimate of drug-likeness (QED) is 0.773. The third-order valence-corrected chi connectivity index (χ3v) is 5.34. The molecule has 1 aromatic carbocycles. The summed E-state index contributed by atoms with van der Waals surface area (Å²) in [6.07, 6.45) is 8.30. The fraction of sp³-hybridized carbons (Fsp3) is 0.381. The number of aromatic nitrogens is 2. The molecular formula is C21H26N4. The van der Waals surface area contributed by atoms with Crippen LogP contribution in [0.15, 0.2) is 55.0 Å². The molecule has 1 N–H and O–H groups in total. The van der Waals surface area contributed by atoms with Gasteiger partial charge in [-0.3, -0.25) is 9.88 Å². The minimum Gasteiger partial charge on any atom is -0.361 e. The summed E-state index contributed by atoms with van der Waals surface area (Å²) in [7, 11) is 2.23. The van der Waals surface area contributed by atoms with Gasteiger partial charge in [0.25, 0.3) is 0 Å². The van der Waals surface area contributed by atoms with Crippen LogP contribution in [0, 0.1) is 0 Å². The minimum atomic E-state index is 0.645. The second kappa shape index (κ2) is 7.38. The van der Waals surface area contributed by atoms with Crippen LogP contribution in [0.2, 0.25) is 0 Å². The molecule has 0 radical (unpaired) electrons. The summed E-state index contributed by atoms with van der Waals surface area (Å²) in [6, 6.07) is 13.8. The number of likely N-dealkylation sites (tertiary alicyclic amines) is 1. The fourth-order valence-electron chi connectivity index (χ4n) is 3.83. The van der Waals surface area contributed by atoms with E-state index >= 15 is 0 Å². The van der Waals surface area contributed by atoms with Gasteiger partial charge in [-0.2, -0.15) is 0 Å². The molecule has 4 heteroatoms. The van der Waals surface area contributed by atoms with E-state index < -0.39 is 0 Å². The summed E-state index contributed by atoms with van der Waals surface area (Å²) in [5.41, 5.74) is 3.94. The number of aromatic amines is 1. The van der Waals surface area contributed by atoms with Crippen LogP contribution in [0.3, 0.4) is 0 Å². The highest BCUT2D eigenvalue weighted by molar-refractivity contribution is 5.79. The zero-order valence-corrected chi connectivity index (χ0v) is 14.9. The Morgan fingerprint density at radius 2 is 1.80 bits per heavy atom. The van der Waals surface area contributed by atoms with Crippen molar-refractivity contribution in [2.45, 2.75) is 32.0 Å². The lowest BCUT2D eigenvalue weighted by atomic mass is 10.0. The van der Waals surface area contributed by atoms with Gasteiger partial charge in [-0.1, -0.05) is 6.07 Å². The summed E-state index contributed by atoms with van der Waals surface area (Å²) in [5.74, 6) is 0. The van der Waals surface area contributed by atoms with Crippen molar-refractivity contribution < 1.29 is 0 Å². The van der Waals surface area contributed by atoms with Gasteiger partial charge in [0.2, 0.25) is 0 Å². The normalized spacial score (nSPS) is 16.7. The van der Waals surface area contributed by atoms with Gasteiger partial charge < -0.3 is 9.88 Å². The number of rotatable bonds is 5. The van der Waals surface area contributed by atoms with Gasteiger partial charge in [0.15, 0.2) is 0 Å². The van der Waals surface area contributed by atoms with Crippen LogP contribution < -0.4 is 0 Å². The first-order valence-corrected chi connectivity index (χ1v) is 9.15. The Morgan fingerprint density at radius 1 is 1.04 bits per heavy atom. The molecule has 0 spiro atoms. The number of hydrogen-bond donors (Lipinski definition) is 1. The Labute approximate surface area is 149 Å². The predicted molar refractivity (Wildman–Crippen MR) is 102 cm³/mol. The molecule has 0 amide bonds. The number of benzene rings is 1. The number of H-pyrrole nitrogens is 1. The van der Waals surface area contributed by atoms with Crippen molar-refractivity contribution in [1.29, 1.82) is 0 Å². The Morgan fingerprint density at radius 3 is 2.60 bits per heavy atom. The van der Waals surface area contributed by atoms with E-state index in [1.165, 1.54) is 48.0 Å².